The van der Waals surface area contributed by atoms with Crippen LogP contribution in [0.4, 0.5) is 0 Å². The summed E-state index contributed by atoms with van der Waals surface area (Å²) in [5.41, 5.74) is 9.23. The van der Waals surface area contributed by atoms with Crippen molar-refractivity contribution in [2.75, 3.05) is 0 Å². The molecule has 13 heavy (non-hydrogen) atoms. The van der Waals surface area contributed by atoms with Crippen molar-refractivity contribution in [3.05, 3.63) is 21.9 Å². The first kappa shape index (κ1) is 12.6. The topological polar surface area (TPSA) is 26.0 Å². The Morgan fingerprint density at radius 1 is 1.23 bits per heavy atom. The summed E-state index contributed by atoms with van der Waals surface area (Å²) in [6.45, 7) is 10.3. The van der Waals surface area contributed by atoms with Crippen LogP contribution in [0.5, 0.6) is 0 Å². The Kier molecular flexibility index (Phi) is 5.16. The predicted molar refractivity (Wildman–Crippen MR) is 60.6 cm³/mol. The van der Waals surface area contributed by atoms with Crippen LogP contribution < -0.4 is 5.73 Å². The first-order valence-electron chi connectivity index (χ1n) is 4.63. The molecule has 2 heteroatoms. The van der Waals surface area contributed by atoms with Gasteiger partial charge in [0.2, 0.25) is 0 Å². The van der Waals surface area contributed by atoms with E-state index in [2.05, 4.69) is 13.8 Å². The zero-order valence-electron chi connectivity index (χ0n) is 9.24. The fourth-order valence-corrected chi connectivity index (χ4v) is 1.39. The highest BCUT2D eigenvalue weighted by Crippen LogP contribution is 2.24. The molecule has 0 spiro atoms. The molecule has 0 aliphatic carbocycles. The van der Waals surface area contributed by atoms with E-state index in [1.807, 2.05) is 20.8 Å². The SMILES string of the molecule is CC(C)=C(N)C/C(=C(\C)Cl)C(C)C. The van der Waals surface area contributed by atoms with Crippen molar-refractivity contribution in [3.8, 4) is 0 Å². The number of hydrogen-bond acceptors (Lipinski definition) is 1. The molecule has 0 aromatic rings. The standard InChI is InChI=1S/C11H20ClN/c1-7(2)10(9(5)12)6-11(13)8(3)4/h7H,6,13H2,1-5H3/b10-9-. The third kappa shape index (κ3) is 4.37. The van der Waals surface area contributed by atoms with Gasteiger partial charge in [0.25, 0.3) is 0 Å². The second-order valence-electron chi connectivity index (χ2n) is 3.92. The van der Waals surface area contributed by atoms with Crippen LogP contribution in [0.2, 0.25) is 0 Å². The van der Waals surface area contributed by atoms with E-state index in [0.717, 1.165) is 17.2 Å². The van der Waals surface area contributed by atoms with Crippen molar-refractivity contribution in [2.45, 2.75) is 41.0 Å². The quantitative estimate of drug-likeness (QED) is 0.739. The van der Waals surface area contributed by atoms with Crippen molar-refractivity contribution in [1.29, 1.82) is 0 Å². The van der Waals surface area contributed by atoms with Gasteiger partial charge >= 0.3 is 0 Å². The van der Waals surface area contributed by atoms with Crippen LogP contribution in [0.15, 0.2) is 21.9 Å². The van der Waals surface area contributed by atoms with Crippen LogP contribution in [-0.4, -0.2) is 0 Å². The van der Waals surface area contributed by atoms with Crippen LogP contribution in [0.3, 0.4) is 0 Å². The molecule has 0 saturated heterocycles. The van der Waals surface area contributed by atoms with Crippen LogP contribution in [0.1, 0.15) is 41.0 Å². The summed E-state index contributed by atoms with van der Waals surface area (Å²) >= 11 is 5.99. The maximum Gasteiger partial charge on any atom is 0.0148 e. The summed E-state index contributed by atoms with van der Waals surface area (Å²) in [5.74, 6) is 0.468. The first-order chi connectivity index (χ1) is 5.86. The summed E-state index contributed by atoms with van der Waals surface area (Å²) in [4.78, 5) is 0. The lowest BCUT2D eigenvalue weighted by Gasteiger charge is -2.13. The number of hydrogen-bond donors (Lipinski definition) is 1. The molecule has 0 fully saturated rings. The predicted octanol–water partition coefficient (Wildman–Crippen LogP) is 3.80. The minimum atomic E-state index is 0.468. The summed E-state index contributed by atoms with van der Waals surface area (Å²) in [6.07, 6.45) is 0.801. The third-order valence-corrected chi connectivity index (χ3v) is 2.41. The van der Waals surface area contributed by atoms with Gasteiger partial charge in [0.05, 0.1) is 0 Å². The van der Waals surface area contributed by atoms with Gasteiger partial charge in [-0.2, -0.15) is 0 Å². The van der Waals surface area contributed by atoms with Crippen molar-refractivity contribution >= 4 is 11.6 Å². The monoisotopic (exact) mass is 201 g/mol. The Bertz CT molecular complexity index is 228. The van der Waals surface area contributed by atoms with Gasteiger partial charge in [-0.3, -0.25) is 0 Å². The van der Waals surface area contributed by atoms with Crippen LogP contribution in [-0.2, 0) is 0 Å². The third-order valence-electron chi connectivity index (χ3n) is 2.16. The molecule has 0 atom stereocenters. The molecule has 2 N–H and O–H groups in total. The molecule has 0 unspecified atom stereocenters. The molecule has 0 amide bonds. The summed E-state index contributed by atoms with van der Waals surface area (Å²) in [7, 11) is 0. The molecule has 0 aromatic heterocycles. The Morgan fingerprint density at radius 2 is 1.69 bits per heavy atom. The highest BCUT2D eigenvalue weighted by molar-refractivity contribution is 6.29. The van der Waals surface area contributed by atoms with Crippen molar-refractivity contribution in [2.24, 2.45) is 11.7 Å². The lowest BCUT2D eigenvalue weighted by molar-refractivity contribution is 0.728. The second-order valence-corrected chi connectivity index (χ2v) is 4.48. The highest BCUT2D eigenvalue weighted by Gasteiger charge is 2.08. The maximum absolute atomic E-state index is 5.99. The van der Waals surface area contributed by atoms with Gasteiger partial charge in [-0.1, -0.05) is 31.0 Å². The lowest BCUT2D eigenvalue weighted by Crippen LogP contribution is -2.05. The van der Waals surface area contributed by atoms with Crippen molar-refractivity contribution in [1.82, 2.24) is 0 Å². The molecule has 0 aliphatic rings. The summed E-state index contributed by atoms with van der Waals surface area (Å²) in [5, 5.41) is 0.874. The normalized spacial score (nSPS) is 12.8. The minimum Gasteiger partial charge on any atom is -0.402 e. The molecule has 76 valence electrons. The van der Waals surface area contributed by atoms with E-state index in [1.54, 1.807) is 0 Å². The number of nitrogens with two attached hydrogens (primary N) is 1. The van der Waals surface area contributed by atoms with Gasteiger partial charge in [0.1, 0.15) is 0 Å². The molecule has 0 heterocycles. The van der Waals surface area contributed by atoms with E-state index in [1.165, 1.54) is 11.1 Å². The number of rotatable bonds is 3. The molecule has 0 rings (SSSR count). The number of allylic oxidation sites excluding steroid dienone is 3. The minimum absolute atomic E-state index is 0.468. The Morgan fingerprint density at radius 3 is 1.92 bits per heavy atom. The van der Waals surface area contributed by atoms with Crippen molar-refractivity contribution in [3.63, 3.8) is 0 Å². The average Bonchev–Trinajstić information content (AvgIpc) is 1.97. The Balaban J connectivity index is 4.68. The number of halogens is 1. The van der Waals surface area contributed by atoms with Gasteiger partial charge in [-0.15, -0.1) is 0 Å². The molecule has 0 saturated carbocycles. The maximum atomic E-state index is 5.99. The first-order valence-corrected chi connectivity index (χ1v) is 5.01. The molecule has 0 aromatic carbocycles. The smallest absolute Gasteiger partial charge is 0.0148 e. The highest BCUT2D eigenvalue weighted by atomic mass is 35.5. The van der Waals surface area contributed by atoms with Gasteiger partial charge < -0.3 is 5.73 Å². The summed E-state index contributed by atoms with van der Waals surface area (Å²) < 4.78 is 0. The van der Waals surface area contributed by atoms with Gasteiger partial charge in [-0.05, 0) is 32.3 Å². The Hall–Kier alpha value is -0.430. The van der Waals surface area contributed by atoms with E-state index in [9.17, 15) is 0 Å². The van der Waals surface area contributed by atoms with Gasteiger partial charge in [0.15, 0.2) is 0 Å². The van der Waals surface area contributed by atoms with Gasteiger partial charge in [0, 0.05) is 17.2 Å². The Labute approximate surface area is 86.7 Å². The molecule has 0 radical (unpaired) electrons. The van der Waals surface area contributed by atoms with E-state index in [0.29, 0.717) is 5.92 Å². The van der Waals surface area contributed by atoms with E-state index in [-0.39, 0.29) is 0 Å². The second kappa shape index (κ2) is 5.33. The van der Waals surface area contributed by atoms with Gasteiger partial charge in [-0.25, -0.2) is 0 Å². The van der Waals surface area contributed by atoms with E-state index < -0.39 is 0 Å². The van der Waals surface area contributed by atoms with E-state index in [4.69, 9.17) is 17.3 Å². The zero-order chi connectivity index (χ0) is 10.6. The van der Waals surface area contributed by atoms with Crippen LogP contribution in [0, 0.1) is 5.92 Å². The van der Waals surface area contributed by atoms with Crippen molar-refractivity contribution < 1.29 is 0 Å². The molecular weight excluding hydrogens is 182 g/mol. The van der Waals surface area contributed by atoms with Crippen LogP contribution >= 0.6 is 11.6 Å². The fourth-order valence-electron chi connectivity index (χ4n) is 1.11. The largest absolute Gasteiger partial charge is 0.402 e. The molecule has 0 aliphatic heterocycles. The molecular formula is C11H20ClN. The molecule has 0 bridgehead atoms. The lowest BCUT2D eigenvalue weighted by atomic mass is 9.97. The molecule has 1 nitrogen and oxygen atoms in total. The van der Waals surface area contributed by atoms with Crippen LogP contribution in [0.25, 0.3) is 0 Å². The zero-order valence-corrected chi connectivity index (χ0v) is 10.00. The summed E-state index contributed by atoms with van der Waals surface area (Å²) in [6, 6.07) is 0. The fraction of sp³-hybridized carbons (Fsp3) is 0.636. The van der Waals surface area contributed by atoms with E-state index >= 15 is 0 Å². The average molecular weight is 202 g/mol.